The first-order chi connectivity index (χ1) is 8.24. The maximum atomic E-state index is 11.8. The van der Waals surface area contributed by atoms with E-state index in [1.54, 1.807) is 0 Å². The highest BCUT2D eigenvalue weighted by atomic mass is 16.2. The van der Waals surface area contributed by atoms with Crippen molar-refractivity contribution in [3.63, 3.8) is 0 Å². The molecule has 0 bridgehead atoms. The van der Waals surface area contributed by atoms with Crippen molar-refractivity contribution in [1.82, 2.24) is 10.2 Å². The van der Waals surface area contributed by atoms with Gasteiger partial charge >= 0.3 is 6.03 Å². The highest BCUT2D eigenvalue weighted by Gasteiger charge is 2.39. The molecule has 2 atom stereocenters. The number of carbonyl (C=O) groups excluding carboxylic acids is 1. The number of nitrogens with one attached hydrogen (secondary N) is 1. The van der Waals surface area contributed by atoms with E-state index in [0.29, 0.717) is 5.92 Å². The molecule has 1 heterocycles. The van der Waals surface area contributed by atoms with Crippen molar-refractivity contribution in [3.8, 4) is 12.3 Å². The molecule has 88 valence electrons. The van der Waals surface area contributed by atoms with Crippen LogP contribution in [-0.4, -0.2) is 24.0 Å². The topological polar surface area (TPSA) is 32.3 Å². The van der Waals surface area contributed by atoms with Gasteiger partial charge in [-0.2, -0.15) is 0 Å². The largest absolute Gasteiger partial charge is 0.327 e. The number of nitrogens with zero attached hydrogens (tertiary/aromatic N) is 1. The predicted molar refractivity (Wildman–Crippen MR) is 67.3 cm³/mol. The second-order valence-corrected chi connectivity index (χ2v) is 4.35. The summed E-state index contributed by atoms with van der Waals surface area (Å²) in [6, 6.07) is 10.2. The lowest BCUT2D eigenvalue weighted by molar-refractivity contribution is 0.0599. The maximum absolute atomic E-state index is 11.8. The molecule has 1 saturated heterocycles. The van der Waals surface area contributed by atoms with Crippen LogP contribution < -0.4 is 5.32 Å². The van der Waals surface area contributed by atoms with Crippen LogP contribution in [0.15, 0.2) is 30.3 Å². The minimum absolute atomic E-state index is 0.0742. The standard InChI is InChI=1S/C14H16N2O/c1-3-9-15-14(17)16-10-11(2)13(16)12-7-5-4-6-8-12/h1,4-8,11,13H,9-10H2,2H3,(H,15,17)/t11-,13-/m0/s1. The van der Waals surface area contributed by atoms with Gasteiger partial charge in [-0.05, 0) is 11.5 Å². The van der Waals surface area contributed by atoms with E-state index in [2.05, 4.69) is 30.3 Å². The Balaban J connectivity index is 2.07. The van der Waals surface area contributed by atoms with Crippen LogP contribution in [0.4, 0.5) is 4.79 Å². The average Bonchev–Trinajstić information content (AvgIpc) is 2.34. The number of amides is 2. The quantitative estimate of drug-likeness (QED) is 0.772. The number of rotatable bonds is 2. The molecule has 0 saturated carbocycles. The van der Waals surface area contributed by atoms with Crippen LogP contribution in [0.5, 0.6) is 0 Å². The number of likely N-dealkylation sites (tertiary alicyclic amines) is 1. The lowest BCUT2D eigenvalue weighted by Gasteiger charge is -2.46. The Bertz CT molecular complexity index is 435. The highest BCUT2D eigenvalue weighted by Crippen LogP contribution is 2.38. The van der Waals surface area contributed by atoms with E-state index in [-0.39, 0.29) is 18.6 Å². The normalized spacial score (nSPS) is 22.5. The van der Waals surface area contributed by atoms with Gasteiger partial charge in [-0.25, -0.2) is 4.79 Å². The summed E-state index contributed by atoms with van der Waals surface area (Å²) in [6.07, 6.45) is 5.13. The first-order valence-corrected chi connectivity index (χ1v) is 5.77. The van der Waals surface area contributed by atoms with Crippen LogP contribution in [0.2, 0.25) is 0 Å². The zero-order valence-corrected chi connectivity index (χ0v) is 9.89. The summed E-state index contributed by atoms with van der Waals surface area (Å²) < 4.78 is 0. The molecule has 2 rings (SSSR count). The van der Waals surface area contributed by atoms with E-state index in [1.807, 2.05) is 23.1 Å². The molecule has 1 aromatic rings. The molecule has 3 nitrogen and oxygen atoms in total. The van der Waals surface area contributed by atoms with Crippen molar-refractivity contribution in [2.24, 2.45) is 5.92 Å². The highest BCUT2D eigenvalue weighted by molar-refractivity contribution is 5.76. The summed E-state index contributed by atoms with van der Waals surface area (Å²) in [7, 11) is 0. The third kappa shape index (κ3) is 2.26. The molecule has 1 aliphatic rings. The molecule has 0 aromatic heterocycles. The van der Waals surface area contributed by atoms with Gasteiger partial charge in [0.2, 0.25) is 0 Å². The zero-order chi connectivity index (χ0) is 12.3. The fraction of sp³-hybridized carbons (Fsp3) is 0.357. The van der Waals surface area contributed by atoms with Gasteiger partial charge < -0.3 is 10.2 Å². The van der Waals surface area contributed by atoms with Gasteiger partial charge in [-0.3, -0.25) is 0 Å². The van der Waals surface area contributed by atoms with Crippen LogP contribution in [-0.2, 0) is 0 Å². The molecule has 17 heavy (non-hydrogen) atoms. The van der Waals surface area contributed by atoms with Gasteiger partial charge in [0.25, 0.3) is 0 Å². The van der Waals surface area contributed by atoms with E-state index in [1.165, 1.54) is 5.56 Å². The number of terminal acetylenes is 1. The predicted octanol–water partition coefficient (Wildman–Crippen LogP) is 2.02. The summed E-state index contributed by atoms with van der Waals surface area (Å²) in [4.78, 5) is 13.7. The fourth-order valence-electron chi connectivity index (χ4n) is 2.29. The Labute approximate surface area is 102 Å². The third-order valence-electron chi connectivity index (χ3n) is 3.10. The summed E-state index contributed by atoms with van der Waals surface area (Å²) in [5, 5.41) is 2.71. The first-order valence-electron chi connectivity index (χ1n) is 5.77. The zero-order valence-electron chi connectivity index (χ0n) is 9.89. The van der Waals surface area contributed by atoms with Crippen LogP contribution in [0.1, 0.15) is 18.5 Å². The van der Waals surface area contributed by atoms with E-state index in [4.69, 9.17) is 6.42 Å². The minimum Gasteiger partial charge on any atom is -0.327 e. The maximum Gasteiger partial charge on any atom is 0.318 e. The van der Waals surface area contributed by atoms with Crippen molar-refractivity contribution in [3.05, 3.63) is 35.9 Å². The smallest absolute Gasteiger partial charge is 0.318 e. The van der Waals surface area contributed by atoms with Gasteiger partial charge in [-0.15, -0.1) is 6.42 Å². The Hall–Kier alpha value is -1.95. The number of benzene rings is 1. The van der Waals surface area contributed by atoms with E-state index < -0.39 is 0 Å². The molecular formula is C14H16N2O. The Morgan fingerprint density at radius 1 is 1.53 bits per heavy atom. The molecule has 0 radical (unpaired) electrons. The average molecular weight is 228 g/mol. The fourth-order valence-corrected chi connectivity index (χ4v) is 2.29. The molecule has 1 aliphatic heterocycles. The molecule has 3 heteroatoms. The number of carbonyl (C=O) groups is 1. The van der Waals surface area contributed by atoms with Gasteiger partial charge in [0.15, 0.2) is 0 Å². The monoisotopic (exact) mass is 228 g/mol. The van der Waals surface area contributed by atoms with Crippen molar-refractivity contribution in [2.45, 2.75) is 13.0 Å². The van der Waals surface area contributed by atoms with E-state index >= 15 is 0 Å². The summed E-state index contributed by atoms with van der Waals surface area (Å²) in [5.41, 5.74) is 1.18. The number of hydrogen-bond acceptors (Lipinski definition) is 1. The number of urea groups is 1. The van der Waals surface area contributed by atoms with Gasteiger partial charge in [0, 0.05) is 6.54 Å². The second-order valence-electron chi connectivity index (χ2n) is 4.35. The van der Waals surface area contributed by atoms with E-state index in [0.717, 1.165) is 6.54 Å². The summed E-state index contributed by atoms with van der Waals surface area (Å²) in [5.74, 6) is 2.90. The SMILES string of the molecule is C#CCNC(=O)N1C[C@H](C)[C@H]1c1ccccc1. The molecule has 0 aliphatic carbocycles. The summed E-state index contributed by atoms with van der Waals surface area (Å²) >= 11 is 0. The van der Waals surface area contributed by atoms with Crippen LogP contribution in [0.25, 0.3) is 0 Å². The molecule has 0 spiro atoms. The second kappa shape index (κ2) is 4.92. The van der Waals surface area contributed by atoms with E-state index in [9.17, 15) is 4.79 Å². The molecule has 1 aromatic carbocycles. The van der Waals surface area contributed by atoms with Gasteiger partial charge in [0.05, 0.1) is 12.6 Å². The van der Waals surface area contributed by atoms with Crippen LogP contribution in [0, 0.1) is 18.3 Å². The lowest BCUT2D eigenvalue weighted by Crippen LogP contribution is -2.55. The van der Waals surface area contributed by atoms with Crippen molar-refractivity contribution in [1.29, 1.82) is 0 Å². The summed E-state index contributed by atoms with van der Waals surface area (Å²) in [6.45, 7) is 3.23. The Morgan fingerprint density at radius 2 is 2.24 bits per heavy atom. The van der Waals surface area contributed by atoms with Gasteiger partial charge in [-0.1, -0.05) is 43.2 Å². The molecular weight excluding hydrogens is 212 g/mol. The van der Waals surface area contributed by atoms with Crippen molar-refractivity contribution in [2.75, 3.05) is 13.1 Å². The van der Waals surface area contributed by atoms with Crippen molar-refractivity contribution >= 4 is 6.03 Å². The lowest BCUT2D eigenvalue weighted by atomic mass is 9.85. The minimum atomic E-state index is -0.0742. The van der Waals surface area contributed by atoms with Gasteiger partial charge in [0.1, 0.15) is 0 Å². The molecule has 1 fully saturated rings. The molecule has 0 unspecified atom stereocenters. The van der Waals surface area contributed by atoms with Crippen LogP contribution >= 0.6 is 0 Å². The Kier molecular flexibility index (Phi) is 3.34. The first kappa shape index (κ1) is 11.5. The van der Waals surface area contributed by atoms with Crippen molar-refractivity contribution < 1.29 is 4.79 Å². The third-order valence-corrected chi connectivity index (χ3v) is 3.10. The molecule has 1 N–H and O–H groups in total. The van der Waals surface area contributed by atoms with Crippen LogP contribution in [0.3, 0.4) is 0 Å². The molecule has 2 amide bonds. The Morgan fingerprint density at radius 3 is 2.82 bits per heavy atom. The number of hydrogen-bond donors (Lipinski definition) is 1.